The van der Waals surface area contributed by atoms with Crippen molar-refractivity contribution >= 4 is 29.8 Å². The Balaban J connectivity index is 1.99. The summed E-state index contributed by atoms with van der Waals surface area (Å²) in [6, 6.07) is 9.67. The first kappa shape index (κ1) is 23.9. The maximum absolute atomic E-state index is 12.3. The Labute approximate surface area is 185 Å². The Kier molecular flexibility index (Phi) is 9.48. The summed E-state index contributed by atoms with van der Waals surface area (Å²) in [7, 11) is 3.52. The second kappa shape index (κ2) is 12.3. The van der Waals surface area contributed by atoms with Crippen LogP contribution in [-0.4, -0.2) is 53.9 Å². The summed E-state index contributed by atoms with van der Waals surface area (Å²) in [5, 5.41) is 6.04. The molecule has 8 heteroatoms. The third kappa shape index (κ3) is 8.08. The minimum Gasteiger partial charge on any atom is -0.348 e. The van der Waals surface area contributed by atoms with Crippen molar-refractivity contribution in [3.05, 3.63) is 54.4 Å². The average molecular weight is 424 g/mol. The lowest BCUT2D eigenvalue weighted by Gasteiger charge is -2.18. The van der Waals surface area contributed by atoms with Crippen LogP contribution >= 0.6 is 0 Å². The lowest BCUT2D eigenvalue weighted by molar-refractivity contribution is 0.222. The molecule has 0 aliphatic heterocycles. The van der Waals surface area contributed by atoms with E-state index in [1.54, 1.807) is 37.6 Å². The van der Waals surface area contributed by atoms with E-state index in [0.717, 1.165) is 18.5 Å². The third-order valence-electron chi connectivity index (χ3n) is 4.55. The number of aliphatic imine (C=N–C) groups is 1. The monoisotopic (exact) mass is 423 g/mol. The summed E-state index contributed by atoms with van der Waals surface area (Å²) in [6.45, 7) is 6.86. The van der Waals surface area contributed by atoms with E-state index in [4.69, 9.17) is 0 Å². The molecule has 0 saturated heterocycles. The number of carbonyl (C=O) groups excluding carboxylic acids is 1. The molecule has 8 nitrogen and oxygen atoms in total. The van der Waals surface area contributed by atoms with Gasteiger partial charge in [0, 0.05) is 44.8 Å². The minimum absolute atomic E-state index is 0.0450. The van der Waals surface area contributed by atoms with Crippen LogP contribution in [0.5, 0.6) is 0 Å². The summed E-state index contributed by atoms with van der Waals surface area (Å²) in [4.78, 5) is 28.6. The molecule has 0 saturated carbocycles. The molecule has 1 aromatic carbocycles. The molecule has 31 heavy (non-hydrogen) atoms. The number of amides is 2. The van der Waals surface area contributed by atoms with Gasteiger partial charge in [0.25, 0.3) is 0 Å². The maximum atomic E-state index is 12.3. The molecule has 1 unspecified atom stereocenters. The second-order valence-corrected chi connectivity index (χ2v) is 7.36. The summed E-state index contributed by atoms with van der Waals surface area (Å²) >= 11 is 0. The van der Waals surface area contributed by atoms with E-state index in [1.807, 2.05) is 36.2 Å². The van der Waals surface area contributed by atoms with Gasteiger partial charge < -0.3 is 15.1 Å². The highest BCUT2D eigenvalue weighted by atomic mass is 16.2. The zero-order valence-corrected chi connectivity index (χ0v) is 19.0. The van der Waals surface area contributed by atoms with Crippen LogP contribution in [0.25, 0.3) is 0 Å². The predicted molar refractivity (Wildman–Crippen MR) is 129 cm³/mol. The number of anilines is 3. The molecule has 2 amide bonds. The zero-order chi connectivity index (χ0) is 22.6. The smallest absolute Gasteiger partial charge is 0.322 e. The van der Waals surface area contributed by atoms with Crippen LogP contribution in [0.3, 0.4) is 0 Å². The molecule has 2 N–H and O–H groups in total. The van der Waals surface area contributed by atoms with Gasteiger partial charge in [0.15, 0.2) is 0 Å². The lowest BCUT2D eigenvalue weighted by Crippen LogP contribution is -2.32. The Morgan fingerprint density at radius 2 is 2.00 bits per heavy atom. The van der Waals surface area contributed by atoms with E-state index in [9.17, 15) is 4.79 Å². The summed E-state index contributed by atoms with van der Waals surface area (Å²) in [5.41, 5.74) is 2.23. The van der Waals surface area contributed by atoms with Crippen LogP contribution in [0.4, 0.5) is 22.2 Å². The topological polar surface area (TPSA) is 85.8 Å². The predicted octanol–water partition coefficient (Wildman–Crippen LogP) is 4.53. The van der Waals surface area contributed by atoms with E-state index >= 15 is 0 Å². The second-order valence-electron chi connectivity index (χ2n) is 7.36. The van der Waals surface area contributed by atoms with E-state index in [2.05, 4.69) is 51.6 Å². The number of nitrogens with one attached hydrogen (secondary N) is 2. The van der Waals surface area contributed by atoms with Crippen LogP contribution in [0.2, 0.25) is 0 Å². The first-order valence-electron chi connectivity index (χ1n) is 10.5. The Morgan fingerprint density at radius 1 is 1.26 bits per heavy atom. The van der Waals surface area contributed by atoms with Crippen LogP contribution in [0, 0.1) is 6.92 Å². The van der Waals surface area contributed by atoms with Crippen molar-refractivity contribution in [1.29, 1.82) is 0 Å². The van der Waals surface area contributed by atoms with E-state index in [0.29, 0.717) is 18.3 Å². The molecule has 0 fully saturated rings. The first-order valence-corrected chi connectivity index (χ1v) is 10.5. The summed E-state index contributed by atoms with van der Waals surface area (Å²) in [6.07, 6.45) is 9.33. The molecule has 0 spiro atoms. The van der Waals surface area contributed by atoms with Crippen molar-refractivity contribution in [2.75, 3.05) is 36.2 Å². The highest BCUT2D eigenvalue weighted by molar-refractivity contribution is 5.88. The minimum atomic E-state index is -0.182. The SMILES string of the molecule is CCCCN(C)C(=O)Nc1ccnc(NC(C)/C=C/N(/C=N\C)c2ccc(C)cc2)n1. The van der Waals surface area contributed by atoms with Crippen LogP contribution in [-0.2, 0) is 0 Å². The van der Waals surface area contributed by atoms with Gasteiger partial charge in [-0.05, 0) is 44.5 Å². The lowest BCUT2D eigenvalue weighted by atomic mass is 10.2. The van der Waals surface area contributed by atoms with Gasteiger partial charge in [0.2, 0.25) is 5.95 Å². The van der Waals surface area contributed by atoms with Gasteiger partial charge in [0.05, 0.1) is 6.34 Å². The molecule has 0 bridgehead atoms. The number of hydrogen-bond acceptors (Lipinski definition) is 5. The molecular weight excluding hydrogens is 390 g/mol. The van der Waals surface area contributed by atoms with Crippen molar-refractivity contribution in [3.63, 3.8) is 0 Å². The zero-order valence-electron chi connectivity index (χ0n) is 19.0. The van der Waals surface area contributed by atoms with Crippen molar-refractivity contribution in [3.8, 4) is 0 Å². The number of urea groups is 1. The normalized spacial score (nSPS) is 12.2. The van der Waals surface area contributed by atoms with Gasteiger partial charge in [-0.3, -0.25) is 10.3 Å². The Hall–Kier alpha value is -3.42. The molecule has 0 aliphatic carbocycles. The molecular formula is C23H33N7O. The molecule has 0 aliphatic rings. The van der Waals surface area contributed by atoms with Gasteiger partial charge in [0.1, 0.15) is 5.82 Å². The standard InChI is InChI=1S/C23H33N7O/c1-6-7-15-29(5)23(31)28-21-12-14-25-22(27-21)26-19(3)13-16-30(17-24-4)20-10-8-18(2)9-11-20/h8-14,16-17,19H,6-7,15H2,1-5H3,(H2,25,26,27,28,31)/b16-13+,24-17-. The number of rotatable bonds is 10. The molecule has 2 aromatic rings. The number of unbranched alkanes of at least 4 members (excludes halogenated alkanes) is 1. The third-order valence-corrected chi connectivity index (χ3v) is 4.55. The number of benzene rings is 1. The van der Waals surface area contributed by atoms with Crippen LogP contribution < -0.4 is 15.5 Å². The van der Waals surface area contributed by atoms with Gasteiger partial charge in [-0.25, -0.2) is 9.78 Å². The van der Waals surface area contributed by atoms with Gasteiger partial charge in [-0.15, -0.1) is 0 Å². The number of nitrogens with zero attached hydrogens (tertiary/aromatic N) is 5. The van der Waals surface area contributed by atoms with Crippen molar-refractivity contribution in [2.24, 2.45) is 4.99 Å². The number of aryl methyl sites for hydroxylation is 1. The highest BCUT2D eigenvalue weighted by Crippen LogP contribution is 2.15. The van der Waals surface area contributed by atoms with Crippen molar-refractivity contribution in [1.82, 2.24) is 14.9 Å². The van der Waals surface area contributed by atoms with Gasteiger partial charge in [-0.2, -0.15) is 4.98 Å². The quantitative estimate of drug-likeness (QED) is 0.433. The fourth-order valence-electron chi connectivity index (χ4n) is 2.71. The number of aromatic nitrogens is 2. The Bertz CT molecular complexity index is 880. The van der Waals surface area contributed by atoms with Crippen LogP contribution in [0.15, 0.2) is 53.8 Å². The van der Waals surface area contributed by atoms with Crippen LogP contribution in [0.1, 0.15) is 32.3 Å². The van der Waals surface area contributed by atoms with Gasteiger partial charge >= 0.3 is 6.03 Å². The molecule has 166 valence electrons. The molecule has 1 heterocycles. The molecule has 1 atom stereocenters. The Morgan fingerprint density at radius 3 is 2.68 bits per heavy atom. The number of carbonyl (C=O) groups is 1. The van der Waals surface area contributed by atoms with E-state index < -0.39 is 0 Å². The van der Waals surface area contributed by atoms with E-state index in [-0.39, 0.29) is 12.1 Å². The number of hydrogen-bond donors (Lipinski definition) is 2. The molecule has 1 aromatic heterocycles. The molecule has 2 rings (SSSR count). The first-order chi connectivity index (χ1) is 14.9. The highest BCUT2D eigenvalue weighted by Gasteiger charge is 2.10. The largest absolute Gasteiger partial charge is 0.348 e. The molecule has 0 radical (unpaired) electrons. The van der Waals surface area contributed by atoms with Gasteiger partial charge in [-0.1, -0.05) is 31.0 Å². The average Bonchev–Trinajstić information content (AvgIpc) is 2.75. The van der Waals surface area contributed by atoms with Crippen molar-refractivity contribution < 1.29 is 4.79 Å². The maximum Gasteiger partial charge on any atom is 0.322 e. The van der Waals surface area contributed by atoms with E-state index in [1.165, 1.54) is 5.56 Å². The summed E-state index contributed by atoms with van der Waals surface area (Å²) in [5.74, 6) is 0.902. The fraction of sp³-hybridized carbons (Fsp3) is 0.391. The fourth-order valence-corrected chi connectivity index (χ4v) is 2.71. The van der Waals surface area contributed by atoms with Crippen molar-refractivity contribution in [2.45, 2.75) is 39.7 Å². The summed E-state index contributed by atoms with van der Waals surface area (Å²) < 4.78 is 0.